The topological polar surface area (TPSA) is 198 Å². The molecule has 2 saturated carbocycles. The number of sulfone groups is 2. The Balaban J connectivity index is 0.000000182. The molecule has 24 heteroatoms. The molecular weight excluding hydrogens is 1170 g/mol. The van der Waals surface area contributed by atoms with Gasteiger partial charge in [0, 0.05) is 102 Å². The van der Waals surface area contributed by atoms with Gasteiger partial charge in [-0.15, -0.1) is 10.2 Å². The van der Waals surface area contributed by atoms with Crippen LogP contribution in [0, 0.1) is 25.7 Å². The number of nitrogens with zero attached hydrogens (tertiary/aromatic N) is 14. The predicted octanol–water partition coefficient (Wildman–Crippen LogP) is 12.7. The van der Waals surface area contributed by atoms with Gasteiger partial charge in [0.15, 0.2) is 19.7 Å². The fraction of sp³-hybridized carbons (Fsp3) is 0.438. The van der Waals surface area contributed by atoms with Gasteiger partial charge in [0.1, 0.15) is 21.4 Å². The van der Waals surface area contributed by atoms with Crippen molar-refractivity contribution < 1.29 is 34.4 Å². The van der Waals surface area contributed by atoms with Crippen LogP contribution in [0.5, 0.6) is 0 Å². The van der Waals surface area contributed by atoms with Gasteiger partial charge in [-0.05, 0) is 102 Å². The molecule has 2 atom stereocenters. The lowest BCUT2D eigenvalue weighted by Gasteiger charge is -2.36. The Labute approximate surface area is 509 Å². The summed E-state index contributed by atoms with van der Waals surface area (Å²) in [5, 5.41) is 18.0. The molecule has 2 aliphatic rings. The number of anilines is 2. The summed E-state index contributed by atoms with van der Waals surface area (Å²) in [6.07, 6.45) is 9.02. The van der Waals surface area contributed by atoms with Crippen molar-refractivity contribution >= 4 is 75.2 Å². The minimum atomic E-state index is -3.77. The number of halogens is 4. The number of rotatable bonds is 14. The third kappa shape index (κ3) is 11.4. The maximum absolute atomic E-state index is 14.5. The average Bonchev–Trinajstić information content (AvgIpc) is 2.71. The maximum atomic E-state index is 14.5. The van der Waals surface area contributed by atoms with E-state index in [0.717, 1.165) is 45.0 Å². The van der Waals surface area contributed by atoms with E-state index in [9.17, 15) is 34.4 Å². The third-order valence-corrected chi connectivity index (χ3v) is 20.2. The average molecular weight is 1240 g/mol. The molecular formula is C64H74F4N14O4S2. The van der Waals surface area contributed by atoms with Crippen molar-refractivity contribution in [3.63, 3.8) is 0 Å². The van der Waals surface area contributed by atoms with E-state index in [-0.39, 0.29) is 59.4 Å². The van der Waals surface area contributed by atoms with Gasteiger partial charge in [-0.2, -0.15) is 0 Å². The van der Waals surface area contributed by atoms with E-state index in [4.69, 9.17) is 19.9 Å². The van der Waals surface area contributed by atoms with Crippen LogP contribution in [-0.4, -0.2) is 126 Å². The Kier molecular flexibility index (Phi) is 16.3. The zero-order valence-electron chi connectivity index (χ0n) is 51.6. The predicted molar refractivity (Wildman–Crippen MR) is 336 cm³/mol. The Hall–Kier alpha value is -7.86. The molecule has 88 heavy (non-hydrogen) atoms. The summed E-state index contributed by atoms with van der Waals surface area (Å²) in [4.78, 5) is 23.5. The van der Waals surface area contributed by atoms with Crippen LogP contribution < -0.4 is 9.80 Å². The first-order valence-electron chi connectivity index (χ1n) is 29.7. The molecule has 464 valence electrons. The van der Waals surface area contributed by atoms with Gasteiger partial charge in [-0.25, -0.2) is 53.7 Å². The first-order valence-corrected chi connectivity index (χ1v) is 33.4. The van der Waals surface area contributed by atoms with Crippen molar-refractivity contribution in [3.05, 3.63) is 120 Å². The zero-order valence-corrected chi connectivity index (χ0v) is 53.2. The lowest BCUT2D eigenvalue weighted by molar-refractivity contribution is -0.0498. The number of hydrogen-bond donors (Lipinski definition) is 0. The molecule has 2 unspecified atom stereocenters. The molecule has 0 bridgehead atoms. The lowest BCUT2D eigenvalue weighted by Crippen LogP contribution is -2.30. The Bertz CT molecular complexity index is 4170. The molecule has 0 aliphatic heterocycles. The second-order valence-corrected chi connectivity index (χ2v) is 28.6. The number of fused-ring (bicyclic) bond motifs is 6. The number of aromatic nitrogens is 12. The van der Waals surface area contributed by atoms with Gasteiger partial charge < -0.3 is 18.9 Å². The van der Waals surface area contributed by atoms with E-state index in [1.165, 1.54) is 24.9 Å². The maximum Gasteiger partial charge on any atom is 0.248 e. The molecule has 0 N–H and O–H groups in total. The number of hydrogen-bond acceptors (Lipinski definition) is 14. The van der Waals surface area contributed by atoms with Gasteiger partial charge >= 0.3 is 0 Å². The number of aryl methyl sites for hydroxylation is 4. The molecule has 8 heterocycles. The van der Waals surface area contributed by atoms with Crippen LogP contribution in [-0.2, 0) is 33.8 Å². The second-order valence-electron chi connectivity index (χ2n) is 24.6. The highest BCUT2D eigenvalue weighted by Gasteiger charge is 2.43. The number of alkyl halides is 4. The van der Waals surface area contributed by atoms with Crippen molar-refractivity contribution in [1.82, 2.24) is 59.1 Å². The van der Waals surface area contributed by atoms with Crippen molar-refractivity contribution in [2.75, 3.05) is 36.4 Å². The van der Waals surface area contributed by atoms with Crippen LogP contribution >= 0.6 is 0 Å². The molecule has 2 aliphatic carbocycles. The van der Waals surface area contributed by atoms with Crippen LogP contribution in [0.4, 0.5) is 29.2 Å². The number of benzene rings is 2. The third-order valence-electron chi connectivity index (χ3n) is 18.0. The molecule has 0 amide bonds. The lowest BCUT2D eigenvalue weighted by atomic mass is 9.79. The van der Waals surface area contributed by atoms with Gasteiger partial charge in [0.2, 0.25) is 11.8 Å². The van der Waals surface area contributed by atoms with E-state index in [0.29, 0.717) is 81.2 Å². The van der Waals surface area contributed by atoms with Gasteiger partial charge in [0.25, 0.3) is 0 Å². The molecule has 0 saturated heterocycles. The smallest absolute Gasteiger partial charge is 0.248 e. The largest absolute Gasteiger partial charge is 0.357 e. The fourth-order valence-electron chi connectivity index (χ4n) is 13.2. The number of pyridine rings is 4. The van der Waals surface area contributed by atoms with Crippen LogP contribution in [0.3, 0.4) is 0 Å². The SMILES string of the molecule is Cc1nnn(C)c1-c1cnc2c3c(N(C)C(C)C)ncc(S(C)(=O)=O)c3n(C(c3ccccc3)C3CCC(F)(F)CC3)c2c1.Cc1nnn(C)c1-c1cnc2c3c(N(C)C(C)C)ncc(S(C)(=O)=O)c3n(C(c3ccccc3)C3CCC(F)(F)CC3)c2c1. The minimum absolute atomic E-state index is 0.0566. The monoisotopic (exact) mass is 1240 g/mol. The molecule has 2 fully saturated rings. The van der Waals surface area contributed by atoms with E-state index < -0.39 is 43.6 Å². The van der Waals surface area contributed by atoms with E-state index in [2.05, 4.69) is 20.6 Å². The van der Waals surface area contributed by atoms with Crippen LogP contribution in [0.15, 0.2) is 107 Å². The van der Waals surface area contributed by atoms with Crippen LogP contribution in [0.25, 0.3) is 66.4 Å². The molecule has 0 spiro atoms. The molecule has 10 aromatic rings. The zero-order chi connectivity index (χ0) is 63.1. The van der Waals surface area contributed by atoms with Gasteiger partial charge in [-0.3, -0.25) is 9.97 Å². The summed E-state index contributed by atoms with van der Waals surface area (Å²) in [5.74, 6) is -4.57. The van der Waals surface area contributed by atoms with Crippen LogP contribution in [0.2, 0.25) is 0 Å². The standard InChI is InChI=1S/2C32H37F2N7O2S/c2*1-19(2)39(4)31-26-27-24(16-23(17-35-27)28-20(3)37-38-40(28)5)41(30(26)25(18-36-31)44(6,42)43)29(21-10-8-7-9-11-21)22-12-14-32(33,34)15-13-22/h2*7-11,16-19,22,29H,12-15H2,1-6H3. The highest BCUT2D eigenvalue weighted by Crippen LogP contribution is 2.51. The normalized spacial score (nSPS) is 16.7. The summed E-state index contributed by atoms with van der Waals surface area (Å²) in [5.41, 5.74) is 9.93. The summed E-state index contributed by atoms with van der Waals surface area (Å²) < 4.78 is 119. The van der Waals surface area contributed by atoms with Crippen molar-refractivity contribution in [1.29, 1.82) is 0 Å². The Morgan fingerprint density at radius 1 is 0.534 bits per heavy atom. The summed E-state index contributed by atoms with van der Waals surface area (Å²) in [7, 11) is -0.0671. The van der Waals surface area contributed by atoms with Gasteiger partial charge in [0.05, 0.1) is 91.1 Å². The molecule has 8 aromatic heterocycles. The quantitative estimate of drug-likeness (QED) is 0.0932. The summed E-state index contributed by atoms with van der Waals surface area (Å²) in [6, 6.07) is 22.7. The van der Waals surface area contributed by atoms with E-state index >= 15 is 0 Å². The van der Waals surface area contributed by atoms with E-state index in [1.807, 2.05) is 161 Å². The molecule has 2 aromatic carbocycles. The molecule has 0 radical (unpaired) electrons. The molecule has 18 nitrogen and oxygen atoms in total. The first kappa shape index (κ1) is 61.8. The highest BCUT2D eigenvalue weighted by molar-refractivity contribution is 7.91. The fourth-order valence-corrected chi connectivity index (χ4v) is 14.8. The second kappa shape index (κ2) is 23.3. The summed E-state index contributed by atoms with van der Waals surface area (Å²) >= 11 is 0. The highest BCUT2D eigenvalue weighted by atomic mass is 32.2. The van der Waals surface area contributed by atoms with Crippen molar-refractivity contribution in [3.8, 4) is 22.5 Å². The van der Waals surface area contributed by atoms with Crippen LogP contribution in [0.1, 0.15) is 114 Å². The Morgan fingerprint density at radius 3 is 1.17 bits per heavy atom. The van der Waals surface area contributed by atoms with E-state index in [1.54, 1.807) is 21.8 Å². The first-order chi connectivity index (χ1) is 41.6. The van der Waals surface area contributed by atoms with Crippen molar-refractivity contribution in [2.45, 2.75) is 139 Å². The molecule has 12 rings (SSSR count). The minimum Gasteiger partial charge on any atom is -0.357 e. The van der Waals surface area contributed by atoms with Crippen molar-refractivity contribution in [2.24, 2.45) is 25.9 Å². The summed E-state index contributed by atoms with van der Waals surface area (Å²) in [6.45, 7) is 11.9. The van der Waals surface area contributed by atoms with Gasteiger partial charge in [-0.1, -0.05) is 71.1 Å². The Morgan fingerprint density at radius 2 is 0.875 bits per heavy atom.